The van der Waals surface area contributed by atoms with E-state index in [1.807, 2.05) is 0 Å². The van der Waals surface area contributed by atoms with E-state index in [1.54, 1.807) is 26.8 Å². The molecule has 0 amide bonds. The molecule has 0 spiro atoms. The molecule has 0 radical (unpaired) electrons. The molecule has 20 heavy (non-hydrogen) atoms. The Morgan fingerprint density at radius 2 is 1.90 bits per heavy atom. The third-order valence-corrected chi connectivity index (χ3v) is 3.60. The highest BCUT2D eigenvalue weighted by Gasteiger charge is 2.20. The maximum atomic E-state index is 11.7. The van der Waals surface area contributed by atoms with Crippen LogP contribution < -0.4 is 4.74 Å². The van der Waals surface area contributed by atoms with Crippen LogP contribution in [0.2, 0.25) is 0 Å². The lowest BCUT2D eigenvalue weighted by atomic mass is 10.1. The molecule has 0 unspecified atom stereocenters. The normalized spacial score (nSPS) is 12.1. The summed E-state index contributed by atoms with van der Waals surface area (Å²) in [7, 11) is 2.73. The highest BCUT2D eigenvalue weighted by atomic mass is 35.7. The number of esters is 1. The summed E-state index contributed by atoms with van der Waals surface area (Å²) < 4.78 is 33.0. The lowest BCUT2D eigenvalue weighted by Crippen LogP contribution is -2.24. The average molecular weight is 321 g/mol. The molecular weight excluding hydrogens is 304 g/mol. The lowest BCUT2D eigenvalue weighted by Gasteiger charge is -2.19. The van der Waals surface area contributed by atoms with Gasteiger partial charge in [0.15, 0.2) is 0 Å². The molecule has 0 N–H and O–H groups in total. The topological polar surface area (TPSA) is 69.7 Å². The number of halogens is 1. The smallest absolute Gasteiger partial charge is 0.310 e. The largest absolute Gasteiger partial charge is 0.495 e. The van der Waals surface area contributed by atoms with Crippen molar-refractivity contribution in [1.82, 2.24) is 0 Å². The van der Waals surface area contributed by atoms with Gasteiger partial charge in [0.05, 0.1) is 13.5 Å². The molecule has 1 rings (SSSR count). The molecule has 0 fully saturated rings. The summed E-state index contributed by atoms with van der Waals surface area (Å²) in [4.78, 5) is 11.5. The predicted molar refractivity (Wildman–Crippen MR) is 75.6 cm³/mol. The van der Waals surface area contributed by atoms with E-state index in [4.69, 9.17) is 20.2 Å². The minimum atomic E-state index is -3.94. The van der Waals surface area contributed by atoms with Gasteiger partial charge in [-0.25, -0.2) is 8.42 Å². The molecule has 0 atom stereocenters. The van der Waals surface area contributed by atoms with Crippen LogP contribution in [0.25, 0.3) is 0 Å². The second-order valence-corrected chi connectivity index (χ2v) is 7.72. The van der Waals surface area contributed by atoms with E-state index in [1.165, 1.54) is 19.2 Å². The summed E-state index contributed by atoms with van der Waals surface area (Å²) in [6, 6.07) is 4.36. The molecule has 0 saturated carbocycles. The van der Waals surface area contributed by atoms with Gasteiger partial charge in [0, 0.05) is 10.7 Å². The summed E-state index contributed by atoms with van der Waals surface area (Å²) >= 11 is 0. The van der Waals surface area contributed by atoms with Crippen LogP contribution in [0, 0.1) is 0 Å². The number of carbonyl (C=O) groups excluding carboxylic acids is 1. The van der Waals surface area contributed by atoms with Gasteiger partial charge in [0.2, 0.25) is 0 Å². The van der Waals surface area contributed by atoms with Crippen LogP contribution in [0.3, 0.4) is 0 Å². The zero-order valence-electron chi connectivity index (χ0n) is 11.8. The van der Waals surface area contributed by atoms with Crippen molar-refractivity contribution in [1.29, 1.82) is 0 Å². The van der Waals surface area contributed by atoms with Gasteiger partial charge in [0.1, 0.15) is 16.2 Å². The Kier molecular flexibility index (Phi) is 5.05. The highest BCUT2D eigenvalue weighted by molar-refractivity contribution is 8.13. The van der Waals surface area contributed by atoms with Gasteiger partial charge in [-0.15, -0.1) is 0 Å². The molecule has 5 nitrogen and oxygen atoms in total. The van der Waals surface area contributed by atoms with Crippen LogP contribution in [-0.4, -0.2) is 27.1 Å². The average Bonchev–Trinajstić information content (AvgIpc) is 2.25. The first kappa shape index (κ1) is 16.8. The summed E-state index contributed by atoms with van der Waals surface area (Å²) in [5.74, 6) is -0.312. The number of hydrogen-bond donors (Lipinski definition) is 0. The first-order valence-corrected chi connectivity index (χ1v) is 8.17. The number of hydrogen-bond acceptors (Lipinski definition) is 5. The van der Waals surface area contributed by atoms with Gasteiger partial charge in [0.25, 0.3) is 9.05 Å². The Bertz CT molecular complexity index is 602. The SMILES string of the molecule is COc1ccc(CC(=O)OC(C)(C)C)cc1S(=O)(=O)Cl. The molecule has 0 heterocycles. The van der Waals surface area contributed by atoms with Crippen molar-refractivity contribution in [3.63, 3.8) is 0 Å². The highest BCUT2D eigenvalue weighted by Crippen LogP contribution is 2.28. The lowest BCUT2D eigenvalue weighted by molar-refractivity contribution is -0.153. The van der Waals surface area contributed by atoms with E-state index in [2.05, 4.69) is 0 Å². The Labute approximate surface area is 123 Å². The van der Waals surface area contributed by atoms with Crippen LogP contribution in [0.4, 0.5) is 0 Å². The minimum absolute atomic E-state index is 0.0410. The number of benzene rings is 1. The van der Waals surface area contributed by atoms with Crippen molar-refractivity contribution in [2.75, 3.05) is 7.11 Å². The Hall–Kier alpha value is -1.27. The fourth-order valence-corrected chi connectivity index (χ4v) is 2.61. The van der Waals surface area contributed by atoms with Crippen LogP contribution in [-0.2, 0) is 25.0 Å². The van der Waals surface area contributed by atoms with Crippen molar-refractivity contribution < 1.29 is 22.7 Å². The quantitative estimate of drug-likeness (QED) is 0.629. The van der Waals surface area contributed by atoms with Gasteiger partial charge >= 0.3 is 5.97 Å². The molecular formula is C13H17ClO5S. The third-order valence-electron chi connectivity index (χ3n) is 2.26. The Balaban J connectivity index is 3.02. The van der Waals surface area contributed by atoms with Gasteiger partial charge in [-0.1, -0.05) is 6.07 Å². The Morgan fingerprint density at radius 3 is 2.35 bits per heavy atom. The zero-order chi connectivity index (χ0) is 15.6. The van der Waals surface area contributed by atoms with Gasteiger partial charge < -0.3 is 9.47 Å². The van der Waals surface area contributed by atoms with Crippen LogP contribution in [0.5, 0.6) is 5.75 Å². The molecule has 1 aromatic carbocycles. The van der Waals surface area contributed by atoms with Crippen molar-refractivity contribution in [2.45, 2.75) is 37.7 Å². The van der Waals surface area contributed by atoms with E-state index < -0.39 is 20.6 Å². The third kappa shape index (κ3) is 5.02. The van der Waals surface area contributed by atoms with Crippen molar-refractivity contribution >= 4 is 25.7 Å². The molecule has 0 saturated heterocycles. The number of methoxy groups -OCH3 is 1. The molecule has 0 aliphatic rings. The number of ether oxygens (including phenoxy) is 2. The second-order valence-electron chi connectivity index (χ2n) is 5.19. The summed E-state index contributed by atoms with van der Waals surface area (Å²) in [5.41, 5.74) is -0.107. The molecule has 7 heteroatoms. The molecule has 1 aromatic rings. The van der Waals surface area contributed by atoms with Crippen molar-refractivity contribution in [2.24, 2.45) is 0 Å². The van der Waals surface area contributed by atoms with E-state index >= 15 is 0 Å². The first-order chi connectivity index (χ1) is 9.03. The minimum Gasteiger partial charge on any atom is -0.495 e. The molecule has 0 bridgehead atoms. The number of rotatable bonds is 4. The zero-order valence-corrected chi connectivity index (χ0v) is 13.3. The van der Waals surface area contributed by atoms with Crippen LogP contribution >= 0.6 is 10.7 Å². The van der Waals surface area contributed by atoms with Gasteiger partial charge in [-0.05, 0) is 38.5 Å². The summed E-state index contributed by atoms with van der Waals surface area (Å²) in [5, 5.41) is 0. The summed E-state index contributed by atoms with van der Waals surface area (Å²) in [6.45, 7) is 5.27. The van der Waals surface area contributed by atoms with E-state index in [0.717, 1.165) is 0 Å². The fourth-order valence-electron chi connectivity index (χ4n) is 1.57. The maximum absolute atomic E-state index is 11.7. The second kappa shape index (κ2) is 6.01. The molecule has 0 aromatic heterocycles. The van der Waals surface area contributed by atoms with E-state index in [0.29, 0.717) is 5.56 Å². The van der Waals surface area contributed by atoms with Crippen LogP contribution in [0.1, 0.15) is 26.3 Å². The maximum Gasteiger partial charge on any atom is 0.310 e. The number of carbonyl (C=O) groups is 1. The Morgan fingerprint density at radius 1 is 1.30 bits per heavy atom. The first-order valence-electron chi connectivity index (χ1n) is 5.86. The predicted octanol–water partition coefficient (Wildman–Crippen LogP) is 2.51. The van der Waals surface area contributed by atoms with Crippen molar-refractivity contribution in [3.05, 3.63) is 23.8 Å². The van der Waals surface area contributed by atoms with E-state index in [9.17, 15) is 13.2 Å². The standard InChI is InChI=1S/C13H17ClO5S/c1-13(2,3)19-12(15)8-9-5-6-10(18-4)11(7-9)20(14,16)17/h5-7H,8H2,1-4H3. The van der Waals surface area contributed by atoms with Crippen LogP contribution in [0.15, 0.2) is 23.1 Å². The van der Waals surface area contributed by atoms with E-state index in [-0.39, 0.29) is 17.1 Å². The molecule has 0 aliphatic heterocycles. The van der Waals surface area contributed by atoms with Crippen molar-refractivity contribution in [3.8, 4) is 5.75 Å². The van der Waals surface area contributed by atoms with Gasteiger partial charge in [-0.2, -0.15) is 0 Å². The monoisotopic (exact) mass is 320 g/mol. The molecule has 0 aliphatic carbocycles. The molecule has 112 valence electrons. The fraction of sp³-hybridized carbons (Fsp3) is 0.462. The summed E-state index contributed by atoms with van der Waals surface area (Å²) in [6.07, 6.45) is -0.0410. The van der Waals surface area contributed by atoms with Gasteiger partial charge in [-0.3, -0.25) is 4.79 Å².